The minimum absolute atomic E-state index is 0.0837. The highest BCUT2D eigenvalue weighted by molar-refractivity contribution is 7.99. The summed E-state index contributed by atoms with van der Waals surface area (Å²) in [7, 11) is 1.39. The van der Waals surface area contributed by atoms with Gasteiger partial charge in [0.05, 0.1) is 25.9 Å². The first-order chi connectivity index (χ1) is 15.4. The summed E-state index contributed by atoms with van der Waals surface area (Å²) in [5.41, 5.74) is 2.09. The second-order valence-electron chi connectivity index (χ2n) is 8.12. The van der Waals surface area contributed by atoms with Gasteiger partial charge in [0, 0.05) is 37.7 Å². The van der Waals surface area contributed by atoms with Crippen LogP contribution in [0.2, 0.25) is 0 Å². The van der Waals surface area contributed by atoms with E-state index in [1.807, 2.05) is 37.3 Å². The molecule has 1 aliphatic carbocycles. The lowest BCUT2D eigenvalue weighted by Crippen LogP contribution is -2.20. The van der Waals surface area contributed by atoms with Gasteiger partial charge >= 0.3 is 5.97 Å². The quantitative estimate of drug-likeness (QED) is 0.248. The van der Waals surface area contributed by atoms with Crippen LogP contribution in [0.1, 0.15) is 43.7 Å². The van der Waals surface area contributed by atoms with Gasteiger partial charge in [-0.3, -0.25) is 9.59 Å². The number of thioether (sulfide) groups is 1. The van der Waals surface area contributed by atoms with E-state index in [4.69, 9.17) is 4.74 Å². The number of carbonyl (C=O) groups excluding carboxylic acids is 2. The molecular weight excluding hydrogens is 428 g/mol. The number of aliphatic hydroxyl groups excluding tert-OH is 2. The average Bonchev–Trinajstić information content (AvgIpc) is 3.05. The number of ketones is 1. The summed E-state index contributed by atoms with van der Waals surface area (Å²) in [6, 6.07) is 7.96. The number of hydrogen-bond donors (Lipinski definition) is 2. The normalized spacial score (nSPS) is 21.9. The Morgan fingerprint density at radius 1 is 1.31 bits per heavy atom. The lowest BCUT2D eigenvalue weighted by atomic mass is 9.91. The van der Waals surface area contributed by atoms with Gasteiger partial charge in [-0.2, -0.15) is 11.8 Å². The zero-order chi connectivity index (χ0) is 23.3. The molecule has 1 fully saturated rings. The first-order valence-electron chi connectivity index (χ1n) is 11.3. The van der Waals surface area contributed by atoms with Crippen molar-refractivity contribution < 1.29 is 29.3 Å². The maximum absolute atomic E-state index is 12.4. The Morgan fingerprint density at radius 2 is 2.09 bits per heavy atom. The van der Waals surface area contributed by atoms with Crippen LogP contribution < -0.4 is 0 Å². The van der Waals surface area contributed by atoms with Crippen molar-refractivity contribution >= 4 is 23.5 Å². The second kappa shape index (κ2) is 14.5. The summed E-state index contributed by atoms with van der Waals surface area (Å²) in [4.78, 5) is 23.5. The van der Waals surface area contributed by atoms with Crippen molar-refractivity contribution in [1.29, 1.82) is 0 Å². The number of methoxy groups -OCH3 is 1. The van der Waals surface area contributed by atoms with E-state index in [0.29, 0.717) is 32.5 Å². The minimum Gasteiger partial charge on any atom is -0.469 e. The molecule has 0 aromatic heterocycles. The highest BCUT2D eigenvalue weighted by Gasteiger charge is 2.39. The van der Waals surface area contributed by atoms with Crippen LogP contribution in [-0.2, 0) is 32.1 Å². The second-order valence-corrected chi connectivity index (χ2v) is 9.34. The first-order valence-corrected chi connectivity index (χ1v) is 12.5. The third kappa shape index (κ3) is 9.06. The van der Waals surface area contributed by atoms with Gasteiger partial charge < -0.3 is 19.7 Å². The standard InChI is InChI=1S/C25H36O6S/c1-3-31-17-19-7-4-6-18(14-19)15-20(26)9-10-21-22(24(28)16-23(21)27)11-13-32-12-5-8-25(29)30-2/h4,6-7,9-10,14,20-23,26-27H,3,5,8,11-13,15-17H2,1-2H3/b10-9+. The summed E-state index contributed by atoms with van der Waals surface area (Å²) in [6.45, 7) is 3.16. The Labute approximate surface area is 195 Å². The van der Waals surface area contributed by atoms with E-state index in [0.717, 1.165) is 29.1 Å². The molecule has 0 aliphatic heterocycles. The maximum atomic E-state index is 12.4. The van der Waals surface area contributed by atoms with Gasteiger partial charge in [0.15, 0.2) is 0 Å². The Bertz CT molecular complexity index is 750. The fraction of sp³-hybridized carbons (Fsp3) is 0.600. The Kier molecular flexibility index (Phi) is 12.0. The van der Waals surface area contributed by atoms with E-state index < -0.39 is 12.2 Å². The van der Waals surface area contributed by atoms with Crippen molar-refractivity contribution in [3.63, 3.8) is 0 Å². The summed E-state index contributed by atoms with van der Waals surface area (Å²) in [5, 5.41) is 20.8. The molecule has 1 aliphatic rings. The molecule has 6 nitrogen and oxygen atoms in total. The number of rotatable bonds is 14. The van der Waals surface area contributed by atoms with E-state index in [1.54, 1.807) is 17.8 Å². The zero-order valence-electron chi connectivity index (χ0n) is 19.1. The van der Waals surface area contributed by atoms with Crippen molar-refractivity contribution in [3.8, 4) is 0 Å². The van der Waals surface area contributed by atoms with Crippen molar-refractivity contribution in [3.05, 3.63) is 47.5 Å². The SMILES string of the molecule is CCOCc1cccc(CC(O)/C=C/C2C(O)CC(=O)C2CCSCCCC(=O)OC)c1. The smallest absolute Gasteiger partial charge is 0.305 e. The molecule has 1 aromatic rings. The van der Waals surface area contributed by atoms with Gasteiger partial charge in [0.1, 0.15) is 5.78 Å². The number of esters is 1. The third-order valence-electron chi connectivity index (χ3n) is 5.67. The molecule has 0 radical (unpaired) electrons. The van der Waals surface area contributed by atoms with Gasteiger partial charge in [-0.1, -0.05) is 36.4 Å². The van der Waals surface area contributed by atoms with E-state index in [1.165, 1.54) is 7.11 Å². The molecule has 32 heavy (non-hydrogen) atoms. The Morgan fingerprint density at radius 3 is 2.84 bits per heavy atom. The van der Waals surface area contributed by atoms with E-state index in [-0.39, 0.29) is 30.0 Å². The topological polar surface area (TPSA) is 93.1 Å². The van der Waals surface area contributed by atoms with Gasteiger partial charge in [-0.15, -0.1) is 0 Å². The van der Waals surface area contributed by atoms with Crippen LogP contribution in [0, 0.1) is 11.8 Å². The summed E-state index contributed by atoms with van der Waals surface area (Å²) in [6.07, 6.45) is 4.61. The maximum Gasteiger partial charge on any atom is 0.305 e. The van der Waals surface area contributed by atoms with Gasteiger partial charge in [-0.05, 0) is 42.4 Å². The number of hydrogen-bond acceptors (Lipinski definition) is 7. The molecule has 0 bridgehead atoms. The largest absolute Gasteiger partial charge is 0.469 e. The first kappa shape index (κ1) is 26.6. The highest BCUT2D eigenvalue weighted by atomic mass is 32.2. The summed E-state index contributed by atoms with van der Waals surface area (Å²) in [5.74, 6) is 1.02. The van der Waals surface area contributed by atoms with Gasteiger partial charge in [0.25, 0.3) is 0 Å². The molecular formula is C25H36O6S. The molecule has 1 saturated carbocycles. The van der Waals surface area contributed by atoms with E-state index >= 15 is 0 Å². The van der Waals surface area contributed by atoms with Crippen molar-refractivity contribution in [2.24, 2.45) is 11.8 Å². The number of benzene rings is 1. The summed E-state index contributed by atoms with van der Waals surface area (Å²) >= 11 is 1.71. The van der Waals surface area contributed by atoms with Crippen molar-refractivity contribution in [1.82, 2.24) is 0 Å². The van der Waals surface area contributed by atoms with Crippen LogP contribution in [0.15, 0.2) is 36.4 Å². The van der Waals surface area contributed by atoms with Crippen molar-refractivity contribution in [2.45, 2.75) is 57.8 Å². The molecule has 178 valence electrons. The van der Waals surface area contributed by atoms with Gasteiger partial charge in [0.2, 0.25) is 0 Å². The van der Waals surface area contributed by atoms with Crippen LogP contribution >= 0.6 is 11.8 Å². The number of carbonyl (C=O) groups is 2. The van der Waals surface area contributed by atoms with Crippen LogP contribution in [0.5, 0.6) is 0 Å². The van der Waals surface area contributed by atoms with Crippen molar-refractivity contribution in [2.75, 3.05) is 25.2 Å². The molecule has 0 spiro atoms. The fourth-order valence-corrected chi connectivity index (χ4v) is 4.93. The molecule has 2 N–H and O–H groups in total. The molecule has 0 heterocycles. The predicted molar refractivity (Wildman–Crippen MR) is 126 cm³/mol. The molecule has 0 amide bonds. The average molecular weight is 465 g/mol. The van der Waals surface area contributed by atoms with Crippen LogP contribution in [0.3, 0.4) is 0 Å². The Hall–Kier alpha value is -1.67. The number of ether oxygens (including phenoxy) is 2. The van der Waals surface area contributed by atoms with E-state index in [2.05, 4.69) is 4.74 Å². The van der Waals surface area contributed by atoms with Crippen LogP contribution in [-0.4, -0.2) is 59.4 Å². The molecule has 2 rings (SSSR count). The molecule has 1 aromatic carbocycles. The summed E-state index contributed by atoms with van der Waals surface area (Å²) < 4.78 is 10.1. The number of Topliss-reactive ketones (excluding diaryl/α,β-unsaturated/α-hetero) is 1. The zero-order valence-corrected chi connectivity index (χ0v) is 19.9. The fourth-order valence-electron chi connectivity index (χ4n) is 3.96. The number of aliphatic hydroxyl groups is 2. The van der Waals surface area contributed by atoms with Crippen LogP contribution in [0.25, 0.3) is 0 Å². The lowest BCUT2D eigenvalue weighted by Gasteiger charge is -2.18. The molecule has 7 heteroatoms. The lowest BCUT2D eigenvalue weighted by molar-refractivity contribution is -0.140. The molecule has 0 saturated heterocycles. The minimum atomic E-state index is -0.699. The highest BCUT2D eigenvalue weighted by Crippen LogP contribution is 2.34. The Balaban J connectivity index is 1.83. The monoisotopic (exact) mass is 464 g/mol. The van der Waals surface area contributed by atoms with Gasteiger partial charge in [-0.25, -0.2) is 0 Å². The van der Waals surface area contributed by atoms with E-state index in [9.17, 15) is 19.8 Å². The molecule has 4 atom stereocenters. The molecule has 4 unspecified atom stereocenters. The van der Waals surface area contributed by atoms with Crippen LogP contribution in [0.4, 0.5) is 0 Å². The predicted octanol–water partition coefficient (Wildman–Crippen LogP) is 3.33. The third-order valence-corrected chi connectivity index (χ3v) is 6.77.